The average molecular weight is 630 g/mol. The highest BCUT2D eigenvalue weighted by atomic mass is 28.4. The monoisotopic (exact) mass is 629 g/mol. The zero-order valence-corrected chi connectivity index (χ0v) is 30.3. The lowest BCUT2D eigenvalue weighted by molar-refractivity contribution is 0.0395. The van der Waals surface area contributed by atoms with E-state index >= 15 is 0 Å². The Morgan fingerprint density at radius 3 is 2.25 bits per heavy atom. The second-order valence-electron chi connectivity index (χ2n) is 15.6. The Labute approximate surface area is 265 Å². The zero-order chi connectivity index (χ0) is 32.1. The number of hydrogen-bond acceptors (Lipinski definition) is 6. The van der Waals surface area contributed by atoms with Crippen LogP contribution >= 0.6 is 0 Å². The fraction of sp³-hybridized carbons (Fsp3) is 0.514. The van der Waals surface area contributed by atoms with Gasteiger partial charge in [0.15, 0.2) is 22.5 Å². The molecule has 9 heteroatoms. The van der Waals surface area contributed by atoms with Crippen LogP contribution in [-0.2, 0) is 15.5 Å². The lowest BCUT2D eigenvalue weighted by Crippen LogP contribution is -2.49. The summed E-state index contributed by atoms with van der Waals surface area (Å²) < 4.78 is 15.0. The molecule has 236 valence electrons. The molecule has 44 heavy (non-hydrogen) atoms. The molecule has 0 bridgehead atoms. The Balaban J connectivity index is 1.32. The first-order valence-corrected chi connectivity index (χ1v) is 21.8. The highest BCUT2D eigenvalue weighted by Crippen LogP contribution is 2.44. The van der Waals surface area contributed by atoms with E-state index in [1.807, 2.05) is 29.1 Å². The Morgan fingerprint density at radius 2 is 1.57 bits per heavy atom. The maximum Gasteiger partial charge on any atom is 0.192 e. The van der Waals surface area contributed by atoms with Crippen LogP contribution in [0.15, 0.2) is 60.8 Å². The topological polar surface area (TPSA) is 88.1 Å². The lowest BCUT2D eigenvalue weighted by Gasteiger charge is -2.46. The second-order valence-corrected chi connectivity index (χ2v) is 25.1. The molecule has 7 nitrogen and oxygen atoms in total. The van der Waals surface area contributed by atoms with Crippen LogP contribution in [0.4, 0.5) is 0 Å². The molecular formula is C35H51N5O2Si2. The minimum absolute atomic E-state index is 0.107. The van der Waals surface area contributed by atoms with E-state index in [4.69, 9.17) is 29.7 Å². The van der Waals surface area contributed by atoms with E-state index < -0.39 is 16.6 Å². The van der Waals surface area contributed by atoms with Gasteiger partial charge in [-0.2, -0.15) is 5.10 Å². The number of benzene rings is 1. The molecule has 1 fully saturated rings. The smallest absolute Gasteiger partial charge is 0.192 e. The Kier molecular flexibility index (Phi) is 8.85. The zero-order valence-electron chi connectivity index (χ0n) is 28.3. The van der Waals surface area contributed by atoms with Gasteiger partial charge in [-0.15, -0.1) is 0 Å². The molecule has 5 rings (SSSR count). The summed E-state index contributed by atoms with van der Waals surface area (Å²) >= 11 is 0. The van der Waals surface area contributed by atoms with E-state index in [2.05, 4.69) is 104 Å². The van der Waals surface area contributed by atoms with Crippen molar-refractivity contribution in [3.05, 3.63) is 72.2 Å². The van der Waals surface area contributed by atoms with Crippen LogP contribution in [-0.4, -0.2) is 42.5 Å². The number of pyridine rings is 2. The van der Waals surface area contributed by atoms with Crippen molar-refractivity contribution in [2.24, 2.45) is 11.7 Å². The predicted molar refractivity (Wildman–Crippen MR) is 186 cm³/mol. The first-order valence-electron chi connectivity index (χ1n) is 15.9. The number of aromatic nitrogens is 4. The van der Waals surface area contributed by atoms with Gasteiger partial charge in [0, 0.05) is 17.1 Å². The van der Waals surface area contributed by atoms with Gasteiger partial charge in [-0.1, -0.05) is 65.8 Å². The summed E-state index contributed by atoms with van der Waals surface area (Å²) in [5.74, 6) is 1.16. The normalized spacial score (nSPS) is 18.8. The van der Waals surface area contributed by atoms with Gasteiger partial charge in [-0.3, -0.25) is 4.98 Å². The Hall–Kier alpha value is -2.70. The highest BCUT2D eigenvalue weighted by Gasteiger charge is 2.44. The Bertz CT molecular complexity index is 1610. The third-order valence-corrected chi connectivity index (χ3v) is 19.3. The van der Waals surface area contributed by atoms with Crippen LogP contribution < -0.4 is 5.73 Å². The van der Waals surface area contributed by atoms with Gasteiger partial charge in [-0.25, -0.2) is 9.67 Å². The molecule has 0 saturated heterocycles. The fourth-order valence-corrected chi connectivity index (χ4v) is 7.45. The molecule has 0 aliphatic heterocycles. The fourth-order valence-electron chi connectivity index (χ4n) is 5.13. The third-order valence-electron chi connectivity index (χ3n) is 10.3. The number of hydrogen-bond donors (Lipinski definition) is 1. The van der Waals surface area contributed by atoms with Crippen molar-refractivity contribution >= 4 is 27.5 Å². The van der Waals surface area contributed by atoms with Crippen LogP contribution in [0.1, 0.15) is 71.8 Å². The number of nitrogens with zero attached hydrogens (tertiary/aromatic N) is 4. The van der Waals surface area contributed by atoms with Gasteiger partial charge in [0.25, 0.3) is 0 Å². The minimum atomic E-state index is -1.88. The van der Waals surface area contributed by atoms with Crippen molar-refractivity contribution in [3.8, 4) is 17.1 Å². The van der Waals surface area contributed by atoms with E-state index in [9.17, 15) is 0 Å². The number of rotatable bonds is 9. The van der Waals surface area contributed by atoms with Crippen LogP contribution in [0.2, 0.25) is 36.3 Å². The van der Waals surface area contributed by atoms with E-state index in [-0.39, 0.29) is 16.1 Å². The molecule has 0 amide bonds. The summed E-state index contributed by atoms with van der Waals surface area (Å²) in [7, 11) is -3.66. The summed E-state index contributed by atoms with van der Waals surface area (Å²) in [6, 6.07) is 18.5. The first kappa shape index (κ1) is 32.7. The molecule has 3 heterocycles. The van der Waals surface area contributed by atoms with Gasteiger partial charge in [0.1, 0.15) is 0 Å². The van der Waals surface area contributed by atoms with Gasteiger partial charge in [-0.05, 0) is 85.4 Å². The maximum atomic E-state index is 6.79. The van der Waals surface area contributed by atoms with Crippen molar-refractivity contribution < 1.29 is 8.85 Å². The molecule has 0 unspecified atom stereocenters. The van der Waals surface area contributed by atoms with E-state index in [0.29, 0.717) is 18.6 Å². The largest absolute Gasteiger partial charge is 0.414 e. The molecule has 1 aliphatic rings. The summed E-state index contributed by atoms with van der Waals surface area (Å²) in [4.78, 5) is 9.97. The maximum absolute atomic E-state index is 6.79. The van der Waals surface area contributed by atoms with Crippen LogP contribution in [0.5, 0.6) is 0 Å². The highest BCUT2D eigenvalue weighted by molar-refractivity contribution is 6.74. The lowest BCUT2D eigenvalue weighted by atomic mass is 9.76. The average Bonchev–Trinajstić information content (AvgIpc) is 3.36. The quantitative estimate of drug-likeness (QED) is 0.186. The molecule has 0 radical (unpaired) electrons. The summed E-state index contributed by atoms with van der Waals surface area (Å²) in [6.45, 7) is 23.3. The van der Waals surface area contributed by atoms with Gasteiger partial charge < -0.3 is 14.6 Å². The molecule has 2 N–H and O–H groups in total. The molecule has 0 spiro atoms. The van der Waals surface area contributed by atoms with Crippen LogP contribution in [0.3, 0.4) is 0 Å². The molecule has 1 aromatic carbocycles. The molecule has 1 aliphatic carbocycles. The summed E-state index contributed by atoms with van der Waals surface area (Å²) in [6.07, 6.45) is 4.19. The summed E-state index contributed by atoms with van der Waals surface area (Å²) in [5.41, 5.74) is 11.5. The molecule has 3 aromatic heterocycles. The molecule has 4 aromatic rings. The molecule has 1 saturated carbocycles. The minimum Gasteiger partial charge on any atom is -0.414 e. The number of fused-ring (bicyclic) bond motifs is 1. The predicted octanol–water partition coefficient (Wildman–Crippen LogP) is 8.80. The summed E-state index contributed by atoms with van der Waals surface area (Å²) in [5, 5.41) is 6.11. The standard InChI is InChI=1S/C35H51N5O2Si2/c1-34(2,3)43(7,8)41-23-27-13-11-16-32(38-27)40-31-21-24(17-18-25(31)22-37-40)29-14-12-15-30(39-29)33(36)26-19-28(20-26)42-44(9,10)35(4,5)6/h11-18,21-22,26,28,33H,19-20,23,36H2,1-10H3/t26?,28?,33-/m0/s1. The first-order chi connectivity index (χ1) is 20.4. The molecule has 1 atom stereocenters. The second kappa shape index (κ2) is 11.9. The third kappa shape index (κ3) is 6.77. The Morgan fingerprint density at radius 1 is 0.886 bits per heavy atom. The van der Waals surface area contributed by atoms with Gasteiger partial charge in [0.05, 0.1) is 41.4 Å². The van der Waals surface area contributed by atoms with Crippen molar-refractivity contribution in [2.45, 2.75) is 109 Å². The van der Waals surface area contributed by atoms with E-state index in [1.165, 1.54) is 0 Å². The number of nitrogens with two attached hydrogens (primary N) is 1. The van der Waals surface area contributed by atoms with Crippen LogP contribution in [0.25, 0.3) is 28.0 Å². The van der Waals surface area contributed by atoms with Crippen molar-refractivity contribution in [2.75, 3.05) is 0 Å². The van der Waals surface area contributed by atoms with E-state index in [0.717, 1.165) is 52.2 Å². The van der Waals surface area contributed by atoms with Crippen molar-refractivity contribution in [1.29, 1.82) is 0 Å². The van der Waals surface area contributed by atoms with Gasteiger partial charge in [0.2, 0.25) is 0 Å². The van der Waals surface area contributed by atoms with Crippen molar-refractivity contribution in [3.63, 3.8) is 0 Å². The van der Waals surface area contributed by atoms with E-state index in [1.54, 1.807) is 0 Å². The van der Waals surface area contributed by atoms with Gasteiger partial charge >= 0.3 is 0 Å². The molecular weight excluding hydrogens is 579 g/mol. The van der Waals surface area contributed by atoms with Crippen LogP contribution in [0, 0.1) is 5.92 Å². The SMILES string of the molecule is CC(C)(C)[Si](C)(C)OCc1cccc(-n2ncc3ccc(-c4cccc([C@@H](N)C5CC(O[Si](C)(C)C(C)(C)C)C5)n4)cc32)n1. The van der Waals surface area contributed by atoms with Crippen molar-refractivity contribution in [1.82, 2.24) is 19.7 Å².